The zero-order chi connectivity index (χ0) is 17.4. The summed E-state index contributed by atoms with van der Waals surface area (Å²) in [4.78, 5) is 11.0. The van der Waals surface area contributed by atoms with Crippen molar-refractivity contribution in [3.8, 4) is 28.6 Å². The molecule has 0 atom stereocenters. The van der Waals surface area contributed by atoms with Crippen LogP contribution in [0.25, 0.3) is 22.5 Å². The number of imidazole rings is 1. The molecule has 0 bridgehead atoms. The highest BCUT2D eigenvalue weighted by molar-refractivity contribution is 5.79. The quantitative estimate of drug-likeness (QED) is 0.706. The Bertz CT molecular complexity index is 965. The number of nitrogens with zero attached hydrogens (tertiary/aromatic N) is 3. The van der Waals surface area contributed by atoms with Crippen LogP contribution in [0.1, 0.15) is 11.3 Å². The Labute approximate surface area is 134 Å². The lowest BCUT2D eigenvalue weighted by molar-refractivity contribution is 0.447. The number of halogens is 3. The molecule has 0 aliphatic rings. The first-order valence-corrected chi connectivity index (χ1v) is 6.78. The van der Waals surface area contributed by atoms with Crippen LogP contribution in [0.15, 0.2) is 24.5 Å². The van der Waals surface area contributed by atoms with Gasteiger partial charge in [0.25, 0.3) is 0 Å². The minimum absolute atomic E-state index is 0.00275. The Morgan fingerprint density at radius 3 is 2.38 bits per heavy atom. The number of rotatable bonds is 2. The Morgan fingerprint density at radius 2 is 1.83 bits per heavy atom. The van der Waals surface area contributed by atoms with Crippen molar-refractivity contribution in [1.82, 2.24) is 15.0 Å². The fourth-order valence-electron chi connectivity index (χ4n) is 2.35. The van der Waals surface area contributed by atoms with Gasteiger partial charge in [-0.05, 0) is 25.1 Å². The molecule has 0 amide bonds. The number of pyridine rings is 1. The first-order valence-electron chi connectivity index (χ1n) is 6.78. The highest BCUT2D eigenvalue weighted by atomic mass is 19.2. The van der Waals surface area contributed by atoms with Crippen LogP contribution in [0.2, 0.25) is 0 Å². The van der Waals surface area contributed by atoms with Gasteiger partial charge in [-0.2, -0.15) is 5.26 Å². The van der Waals surface area contributed by atoms with Crippen molar-refractivity contribution < 1.29 is 13.2 Å². The molecule has 3 rings (SSSR count). The Hall–Kier alpha value is -3.34. The Kier molecular flexibility index (Phi) is 3.69. The van der Waals surface area contributed by atoms with Crippen LogP contribution in [-0.4, -0.2) is 15.0 Å². The van der Waals surface area contributed by atoms with E-state index >= 15 is 0 Å². The highest BCUT2D eigenvalue weighted by Crippen LogP contribution is 2.32. The summed E-state index contributed by atoms with van der Waals surface area (Å²) >= 11 is 0. The van der Waals surface area contributed by atoms with E-state index in [0.717, 1.165) is 12.1 Å². The summed E-state index contributed by atoms with van der Waals surface area (Å²) < 4.78 is 40.1. The number of aromatic nitrogens is 3. The number of benzene rings is 1. The Morgan fingerprint density at radius 1 is 1.17 bits per heavy atom. The third kappa shape index (κ3) is 2.46. The van der Waals surface area contributed by atoms with E-state index in [1.807, 2.05) is 6.07 Å². The second kappa shape index (κ2) is 5.70. The number of nitrogens with one attached hydrogen (secondary N) is 1. The molecular weight excluding hydrogens is 319 g/mol. The summed E-state index contributed by atoms with van der Waals surface area (Å²) in [6, 6.07) is 5.00. The minimum atomic E-state index is -1.57. The number of nitriles is 1. The fraction of sp³-hybridized carbons (Fsp3) is 0.0625. The van der Waals surface area contributed by atoms with Crippen molar-refractivity contribution in [3.63, 3.8) is 0 Å². The monoisotopic (exact) mass is 329 g/mol. The summed E-state index contributed by atoms with van der Waals surface area (Å²) in [5.74, 6) is -4.36. The van der Waals surface area contributed by atoms with Gasteiger partial charge in [-0.3, -0.25) is 0 Å². The number of aromatic amines is 1. The minimum Gasteiger partial charge on any atom is -0.383 e. The topological polar surface area (TPSA) is 91.4 Å². The number of hydrogen-bond acceptors (Lipinski definition) is 4. The van der Waals surface area contributed by atoms with Crippen LogP contribution >= 0.6 is 0 Å². The van der Waals surface area contributed by atoms with E-state index in [1.165, 1.54) is 12.4 Å². The molecule has 0 unspecified atom stereocenters. The predicted molar refractivity (Wildman–Crippen MR) is 81.0 cm³/mol. The summed E-state index contributed by atoms with van der Waals surface area (Å²) in [5, 5.41) is 9.30. The van der Waals surface area contributed by atoms with E-state index in [9.17, 15) is 18.4 Å². The van der Waals surface area contributed by atoms with Gasteiger partial charge in [-0.15, -0.1) is 0 Å². The third-order valence-corrected chi connectivity index (χ3v) is 3.52. The molecule has 2 heterocycles. The first kappa shape index (κ1) is 15.6. The summed E-state index contributed by atoms with van der Waals surface area (Å²) in [6.45, 7) is 1.75. The lowest BCUT2D eigenvalue weighted by Gasteiger charge is -2.10. The molecule has 2 aromatic heterocycles. The van der Waals surface area contributed by atoms with Gasteiger partial charge in [0.05, 0.1) is 17.7 Å². The number of aryl methyl sites for hydroxylation is 1. The molecule has 0 saturated heterocycles. The van der Waals surface area contributed by atoms with E-state index < -0.39 is 17.5 Å². The lowest BCUT2D eigenvalue weighted by Crippen LogP contribution is -2.01. The van der Waals surface area contributed by atoms with E-state index in [-0.39, 0.29) is 22.6 Å². The van der Waals surface area contributed by atoms with Crippen molar-refractivity contribution >= 4 is 5.82 Å². The van der Waals surface area contributed by atoms with Gasteiger partial charge in [0.1, 0.15) is 17.5 Å². The maximum Gasteiger partial charge on any atom is 0.194 e. The molecule has 0 aliphatic carbocycles. The predicted octanol–water partition coefficient (Wildman–Crippen LogP) is 3.32. The largest absolute Gasteiger partial charge is 0.383 e. The van der Waals surface area contributed by atoms with Gasteiger partial charge in [-0.25, -0.2) is 23.1 Å². The summed E-state index contributed by atoms with van der Waals surface area (Å²) in [7, 11) is 0. The maximum atomic E-state index is 13.5. The van der Waals surface area contributed by atoms with Gasteiger partial charge in [0, 0.05) is 16.8 Å². The normalized spacial score (nSPS) is 10.6. The molecule has 5 nitrogen and oxygen atoms in total. The smallest absolute Gasteiger partial charge is 0.194 e. The average Bonchev–Trinajstić information content (AvgIpc) is 2.97. The molecule has 0 aliphatic heterocycles. The average molecular weight is 329 g/mol. The number of nitrogen functional groups attached to an aromatic ring is 1. The lowest BCUT2D eigenvalue weighted by atomic mass is 10.0. The van der Waals surface area contributed by atoms with Crippen molar-refractivity contribution in [1.29, 1.82) is 5.26 Å². The zero-order valence-corrected chi connectivity index (χ0v) is 12.4. The second-order valence-corrected chi connectivity index (χ2v) is 5.06. The van der Waals surface area contributed by atoms with Crippen LogP contribution in [0.3, 0.4) is 0 Å². The molecule has 1 aromatic carbocycles. The van der Waals surface area contributed by atoms with Gasteiger partial charge >= 0.3 is 0 Å². The third-order valence-electron chi connectivity index (χ3n) is 3.52. The number of H-pyrrole nitrogens is 1. The van der Waals surface area contributed by atoms with Crippen LogP contribution in [0.5, 0.6) is 0 Å². The van der Waals surface area contributed by atoms with E-state index in [1.54, 1.807) is 6.92 Å². The first-order chi connectivity index (χ1) is 11.4. The van der Waals surface area contributed by atoms with Crippen molar-refractivity contribution in [2.45, 2.75) is 6.92 Å². The van der Waals surface area contributed by atoms with Crippen LogP contribution in [0.4, 0.5) is 19.0 Å². The van der Waals surface area contributed by atoms with E-state index in [4.69, 9.17) is 5.73 Å². The van der Waals surface area contributed by atoms with E-state index in [0.29, 0.717) is 17.0 Å². The molecule has 8 heteroatoms. The van der Waals surface area contributed by atoms with Gasteiger partial charge in [0.15, 0.2) is 17.5 Å². The molecule has 0 fully saturated rings. The van der Waals surface area contributed by atoms with Crippen molar-refractivity contribution in [2.24, 2.45) is 0 Å². The molecule has 0 saturated carbocycles. The Balaban J connectivity index is 2.27. The highest BCUT2D eigenvalue weighted by Gasteiger charge is 2.18. The summed E-state index contributed by atoms with van der Waals surface area (Å²) in [5.41, 5.74) is 7.50. The van der Waals surface area contributed by atoms with Crippen LogP contribution in [0, 0.1) is 35.7 Å². The summed E-state index contributed by atoms with van der Waals surface area (Å²) in [6.07, 6.45) is 1.44. The number of anilines is 1. The molecule has 24 heavy (non-hydrogen) atoms. The molecule has 0 radical (unpaired) electrons. The number of nitrogens with two attached hydrogens (primary N) is 1. The standard InChI is InChI=1S/C16H10F3N5/c1-7-15(23-6-22-7)9-4-13(24-16(21)10(9)5-20)8-2-11(17)14(19)12(18)3-8/h2-4,6H,1H3,(H2,21,24)(H,22,23). The number of hydrogen-bond donors (Lipinski definition) is 2. The molecule has 3 aromatic rings. The van der Waals surface area contributed by atoms with Gasteiger partial charge in [0.2, 0.25) is 0 Å². The molecular formula is C16H10F3N5. The van der Waals surface area contributed by atoms with Gasteiger partial charge < -0.3 is 10.7 Å². The van der Waals surface area contributed by atoms with E-state index in [2.05, 4.69) is 15.0 Å². The van der Waals surface area contributed by atoms with Crippen LogP contribution < -0.4 is 5.73 Å². The van der Waals surface area contributed by atoms with Crippen molar-refractivity contribution in [3.05, 3.63) is 53.2 Å². The maximum absolute atomic E-state index is 13.5. The zero-order valence-electron chi connectivity index (χ0n) is 12.4. The molecule has 3 N–H and O–H groups in total. The molecule has 120 valence electrons. The fourth-order valence-corrected chi connectivity index (χ4v) is 2.35. The second-order valence-electron chi connectivity index (χ2n) is 5.06. The van der Waals surface area contributed by atoms with Gasteiger partial charge in [-0.1, -0.05) is 0 Å². The van der Waals surface area contributed by atoms with Crippen molar-refractivity contribution in [2.75, 3.05) is 5.73 Å². The SMILES string of the molecule is Cc1[nH]cnc1-c1cc(-c2cc(F)c(F)c(F)c2)nc(N)c1C#N. The van der Waals surface area contributed by atoms with Crippen LogP contribution in [-0.2, 0) is 0 Å². The molecule has 0 spiro atoms.